The van der Waals surface area contributed by atoms with E-state index in [0.29, 0.717) is 5.88 Å². The Labute approximate surface area is 102 Å². The second-order valence-corrected chi connectivity index (χ2v) is 3.91. The second-order valence-electron chi connectivity index (χ2n) is 3.60. The van der Waals surface area contributed by atoms with Crippen LogP contribution in [-0.2, 0) is 0 Å². The molecule has 0 unspecified atom stereocenters. The Morgan fingerprint density at radius 1 is 1.38 bits per heavy atom. The average molecular weight is 241 g/mol. The molecular weight excluding hydrogens is 224 g/mol. The number of hydrogen-bond donors (Lipinski definition) is 0. The standard InChI is InChI=1S/C13H17ClO2/c1-10(2)16-13-11(7-5-9-14)6-4-8-12(13)15-3/h4-8,10H,9H2,1-3H3. The third-order valence-electron chi connectivity index (χ3n) is 1.97. The fourth-order valence-electron chi connectivity index (χ4n) is 1.36. The number of allylic oxidation sites excluding steroid dienone is 1. The SMILES string of the molecule is COc1cccc(C=CCCl)c1OC(C)C. The van der Waals surface area contributed by atoms with E-state index in [4.69, 9.17) is 21.1 Å². The van der Waals surface area contributed by atoms with E-state index >= 15 is 0 Å². The van der Waals surface area contributed by atoms with Gasteiger partial charge < -0.3 is 9.47 Å². The molecule has 0 saturated heterocycles. The van der Waals surface area contributed by atoms with Gasteiger partial charge in [-0.3, -0.25) is 0 Å². The quantitative estimate of drug-likeness (QED) is 0.730. The average Bonchev–Trinajstić information content (AvgIpc) is 2.27. The summed E-state index contributed by atoms with van der Waals surface area (Å²) in [6, 6.07) is 5.79. The van der Waals surface area contributed by atoms with E-state index in [9.17, 15) is 0 Å². The number of rotatable bonds is 5. The van der Waals surface area contributed by atoms with E-state index in [1.54, 1.807) is 7.11 Å². The topological polar surface area (TPSA) is 18.5 Å². The molecule has 0 spiro atoms. The van der Waals surface area contributed by atoms with Crippen LogP contribution in [0.25, 0.3) is 6.08 Å². The van der Waals surface area contributed by atoms with Gasteiger partial charge in [-0.05, 0) is 19.9 Å². The molecule has 0 aliphatic heterocycles. The van der Waals surface area contributed by atoms with Crippen LogP contribution in [0.15, 0.2) is 24.3 Å². The van der Waals surface area contributed by atoms with Gasteiger partial charge in [-0.1, -0.05) is 24.3 Å². The lowest BCUT2D eigenvalue weighted by atomic mass is 10.1. The zero-order valence-corrected chi connectivity index (χ0v) is 10.6. The van der Waals surface area contributed by atoms with Crippen LogP contribution in [0, 0.1) is 0 Å². The molecule has 0 aromatic heterocycles. The minimum absolute atomic E-state index is 0.111. The van der Waals surface area contributed by atoms with E-state index in [0.717, 1.165) is 17.1 Å². The summed E-state index contributed by atoms with van der Waals surface area (Å²) in [7, 11) is 1.64. The van der Waals surface area contributed by atoms with Crippen LogP contribution in [0.1, 0.15) is 19.4 Å². The Balaban J connectivity index is 3.09. The van der Waals surface area contributed by atoms with Crippen LogP contribution in [0.5, 0.6) is 11.5 Å². The number of para-hydroxylation sites is 1. The van der Waals surface area contributed by atoms with Gasteiger partial charge in [-0.2, -0.15) is 0 Å². The number of benzene rings is 1. The molecule has 0 saturated carbocycles. The number of halogens is 1. The highest BCUT2D eigenvalue weighted by Gasteiger charge is 2.09. The lowest BCUT2D eigenvalue weighted by Crippen LogP contribution is -2.07. The third kappa shape index (κ3) is 3.46. The maximum Gasteiger partial charge on any atom is 0.168 e. The maximum absolute atomic E-state index is 5.75. The highest BCUT2D eigenvalue weighted by atomic mass is 35.5. The van der Waals surface area contributed by atoms with Gasteiger partial charge in [0.15, 0.2) is 11.5 Å². The van der Waals surface area contributed by atoms with Crippen molar-refractivity contribution in [2.24, 2.45) is 0 Å². The zero-order chi connectivity index (χ0) is 12.0. The van der Waals surface area contributed by atoms with E-state index in [1.165, 1.54) is 0 Å². The normalized spacial score (nSPS) is 11.1. The molecule has 0 atom stereocenters. The van der Waals surface area contributed by atoms with Crippen molar-refractivity contribution in [2.45, 2.75) is 20.0 Å². The van der Waals surface area contributed by atoms with Crippen molar-refractivity contribution in [3.05, 3.63) is 29.8 Å². The van der Waals surface area contributed by atoms with Crippen LogP contribution in [0.3, 0.4) is 0 Å². The maximum atomic E-state index is 5.75. The fraction of sp³-hybridized carbons (Fsp3) is 0.385. The minimum Gasteiger partial charge on any atom is -0.493 e. The molecule has 16 heavy (non-hydrogen) atoms. The summed E-state index contributed by atoms with van der Waals surface area (Å²) in [4.78, 5) is 0. The summed E-state index contributed by atoms with van der Waals surface area (Å²) in [6.07, 6.45) is 3.93. The molecule has 0 radical (unpaired) electrons. The summed E-state index contributed by atoms with van der Waals surface area (Å²) in [5.41, 5.74) is 0.980. The first-order valence-corrected chi connectivity index (χ1v) is 5.78. The van der Waals surface area contributed by atoms with E-state index in [-0.39, 0.29) is 6.10 Å². The molecule has 88 valence electrons. The Morgan fingerprint density at radius 3 is 2.69 bits per heavy atom. The Hall–Kier alpha value is -1.15. The summed E-state index contributed by atoms with van der Waals surface area (Å²) >= 11 is 5.62. The van der Waals surface area contributed by atoms with Gasteiger partial charge in [-0.25, -0.2) is 0 Å². The number of hydrogen-bond acceptors (Lipinski definition) is 2. The summed E-state index contributed by atoms with van der Waals surface area (Å²) in [5.74, 6) is 1.99. The molecule has 0 N–H and O–H groups in total. The number of ether oxygens (including phenoxy) is 2. The van der Waals surface area contributed by atoms with Crippen LogP contribution in [0.2, 0.25) is 0 Å². The molecular formula is C13H17ClO2. The third-order valence-corrected chi connectivity index (χ3v) is 2.15. The van der Waals surface area contributed by atoms with Gasteiger partial charge in [-0.15, -0.1) is 11.6 Å². The van der Waals surface area contributed by atoms with Gasteiger partial charge in [0.25, 0.3) is 0 Å². The van der Waals surface area contributed by atoms with Gasteiger partial charge in [0.05, 0.1) is 13.2 Å². The van der Waals surface area contributed by atoms with Gasteiger partial charge in [0.1, 0.15) is 0 Å². The number of alkyl halides is 1. The van der Waals surface area contributed by atoms with Crippen molar-refractivity contribution < 1.29 is 9.47 Å². The van der Waals surface area contributed by atoms with Crippen LogP contribution in [-0.4, -0.2) is 19.1 Å². The summed E-state index contributed by atoms with van der Waals surface area (Å²) in [6.45, 7) is 3.98. The molecule has 1 rings (SSSR count). The molecule has 1 aromatic carbocycles. The van der Waals surface area contributed by atoms with Crippen LogP contribution in [0.4, 0.5) is 0 Å². The van der Waals surface area contributed by atoms with Crippen molar-refractivity contribution in [3.8, 4) is 11.5 Å². The molecule has 0 fully saturated rings. The first-order chi connectivity index (χ1) is 7.69. The van der Waals surface area contributed by atoms with E-state index < -0.39 is 0 Å². The fourth-order valence-corrected chi connectivity index (χ4v) is 1.45. The highest BCUT2D eigenvalue weighted by molar-refractivity contribution is 6.19. The van der Waals surface area contributed by atoms with E-state index in [1.807, 2.05) is 44.2 Å². The Morgan fingerprint density at radius 2 is 2.12 bits per heavy atom. The summed E-state index contributed by atoms with van der Waals surface area (Å²) in [5, 5.41) is 0. The van der Waals surface area contributed by atoms with Crippen molar-refractivity contribution in [1.29, 1.82) is 0 Å². The number of methoxy groups -OCH3 is 1. The molecule has 0 bridgehead atoms. The first-order valence-electron chi connectivity index (χ1n) is 5.25. The van der Waals surface area contributed by atoms with Gasteiger partial charge in [0.2, 0.25) is 0 Å². The Bertz CT molecular complexity index is 359. The van der Waals surface area contributed by atoms with Crippen molar-refractivity contribution in [3.63, 3.8) is 0 Å². The second kappa shape index (κ2) is 6.44. The zero-order valence-electron chi connectivity index (χ0n) is 9.87. The van der Waals surface area contributed by atoms with Crippen molar-refractivity contribution in [2.75, 3.05) is 13.0 Å². The molecule has 2 nitrogen and oxygen atoms in total. The largest absolute Gasteiger partial charge is 0.493 e. The molecule has 1 aromatic rings. The lowest BCUT2D eigenvalue weighted by Gasteiger charge is -2.15. The van der Waals surface area contributed by atoms with Gasteiger partial charge in [0, 0.05) is 11.4 Å². The molecule has 3 heteroatoms. The summed E-state index contributed by atoms with van der Waals surface area (Å²) < 4.78 is 11.0. The molecule has 0 aliphatic carbocycles. The predicted molar refractivity (Wildman–Crippen MR) is 68.5 cm³/mol. The monoisotopic (exact) mass is 240 g/mol. The van der Waals surface area contributed by atoms with Gasteiger partial charge >= 0.3 is 0 Å². The Kier molecular flexibility index (Phi) is 5.20. The van der Waals surface area contributed by atoms with Crippen molar-refractivity contribution >= 4 is 17.7 Å². The minimum atomic E-state index is 0.111. The lowest BCUT2D eigenvalue weighted by molar-refractivity contribution is 0.229. The van der Waals surface area contributed by atoms with Crippen molar-refractivity contribution in [1.82, 2.24) is 0 Å². The molecule has 0 amide bonds. The van der Waals surface area contributed by atoms with Crippen LogP contribution < -0.4 is 9.47 Å². The smallest absolute Gasteiger partial charge is 0.168 e. The highest BCUT2D eigenvalue weighted by Crippen LogP contribution is 2.32. The first kappa shape index (κ1) is 12.9. The molecule has 0 aliphatic rings. The predicted octanol–water partition coefficient (Wildman–Crippen LogP) is 3.73. The molecule has 0 heterocycles. The van der Waals surface area contributed by atoms with E-state index in [2.05, 4.69) is 0 Å². The van der Waals surface area contributed by atoms with Crippen LogP contribution >= 0.6 is 11.6 Å².